The summed E-state index contributed by atoms with van der Waals surface area (Å²) < 4.78 is 0. The maximum atomic E-state index is 11.7. The van der Waals surface area contributed by atoms with Gasteiger partial charge in [-0.15, -0.1) is 5.10 Å². The summed E-state index contributed by atoms with van der Waals surface area (Å²) in [4.78, 5) is 26.1. The van der Waals surface area contributed by atoms with Crippen LogP contribution in [0.1, 0.15) is 16.1 Å². The Bertz CT molecular complexity index is 592. The van der Waals surface area contributed by atoms with Gasteiger partial charge < -0.3 is 10.3 Å². The molecule has 0 saturated carbocycles. The van der Waals surface area contributed by atoms with Crippen molar-refractivity contribution in [1.29, 1.82) is 0 Å². The average molecular weight is 230 g/mol. The minimum atomic E-state index is -0.508. The zero-order chi connectivity index (χ0) is 12.3. The van der Waals surface area contributed by atoms with Crippen LogP contribution in [0.5, 0.6) is 0 Å². The largest absolute Gasteiger partial charge is 0.364 e. The first-order chi connectivity index (χ1) is 8.16. The number of nitrogens with one attached hydrogen (secondary N) is 2. The predicted molar refractivity (Wildman–Crippen MR) is 61.8 cm³/mol. The lowest BCUT2D eigenvalue weighted by Gasteiger charge is -2.02. The molecule has 2 heterocycles. The van der Waals surface area contributed by atoms with Gasteiger partial charge in [0.1, 0.15) is 5.56 Å². The van der Waals surface area contributed by atoms with Gasteiger partial charge in [-0.2, -0.15) is 5.10 Å². The van der Waals surface area contributed by atoms with Gasteiger partial charge in [0.25, 0.3) is 5.91 Å². The molecule has 2 N–H and O–H groups in total. The van der Waals surface area contributed by atoms with E-state index >= 15 is 0 Å². The number of carbonyl (C=O) groups is 1. The molecule has 0 saturated heterocycles. The fraction of sp³-hybridized carbons (Fsp3) is 0.0909. The van der Waals surface area contributed by atoms with E-state index in [1.165, 1.54) is 18.5 Å². The molecule has 6 heteroatoms. The molecule has 2 rings (SSSR count). The van der Waals surface area contributed by atoms with Crippen LogP contribution >= 0.6 is 0 Å². The summed E-state index contributed by atoms with van der Waals surface area (Å²) in [6.45, 7) is 1.74. The van der Waals surface area contributed by atoms with Gasteiger partial charge in [0.15, 0.2) is 11.2 Å². The molecule has 86 valence electrons. The number of hydrogen-bond donors (Lipinski definition) is 2. The van der Waals surface area contributed by atoms with Crippen molar-refractivity contribution in [3.8, 4) is 0 Å². The molecular formula is C11H10N4O2. The lowest BCUT2D eigenvalue weighted by atomic mass is 10.2. The predicted octanol–water partition coefficient (Wildman–Crippen LogP) is 0.726. The van der Waals surface area contributed by atoms with Crippen LogP contribution in [0.3, 0.4) is 0 Å². The second kappa shape index (κ2) is 4.56. The number of amides is 1. The number of pyridine rings is 1. The zero-order valence-electron chi connectivity index (χ0n) is 9.10. The number of aromatic amines is 1. The number of aryl methyl sites for hydroxylation is 1. The Labute approximate surface area is 96.7 Å². The van der Waals surface area contributed by atoms with E-state index in [9.17, 15) is 9.59 Å². The molecule has 0 bridgehead atoms. The van der Waals surface area contributed by atoms with Gasteiger partial charge in [-0.3, -0.25) is 9.59 Å². The van der Waals surface area contributed by atoms with Crippen LogP contribution in [0.4, 0.5) is 5.82 Å². The van der Waals surface area contributed by atoms with Crippen molar-refractivity contribution in [3.05, 3.63) is 52.1 Å². The summed E-state index contributed by atoms with van der Waals surface area (Å²) in [6.07, 6.45) is 2.87. The summed E-state index contributed by atoms with van der Waals surface area (Å²) in [7, 11) is 0. The normalized spacial score (nSPS) is 9.94. The van der Waals surface area contributed by atoms with E-state index in [0.29, 0.717) is 11.5 Å². The van der Waals surface area contributed by atoms with Crippen molar-refractivity contribution in [2.75, 3.05) is 5.32 Å². The lowest BCUT2D eigenvalue weighted by Crippen LogP contribution is -2.22. The molecule has 2 aromatic rings. The van der Waals surface area contributed by atoms with Crippen molar-refractivity contribution in [1.82, 2.24) is 15.2 Å². The van der Waals surface area contributed by atoms with Crippen molar-refractivity contribution >= 4 is 11.7 Å². The van der Waals surface area contributed by atoms with E-state index in [1.807, 2.05) is 0 Å². The van der Waals surface area contributed by atoms with Crippen LogP contribution in [-0.4, -0.2) is 21.1 Å². The van der Waals surface area contributed by atoms with E-state index in [4.69, 9.17) is 0 Å². The zero-order valence-corrected chi connectivity index (χ0v) is 9.10. The Hall–Kier alpha value is -2.50. The van der Waals surface area contributed by atoms with Crippen molar-refractivity contribution in [2.45, 2.75) is 6.92 Å². The topological polar surface area (TPSA) is 87.7 Å². The van der Waals surface area contributed by atoms with Crippen LogP contribution in [0.15, 0.2) is 35.4 Å². The Balaban J connectivity index is 2.24. The maximum Gasteiger partial charge on any atom is 0.262 e. The SMILES string of the molecule is Cc1cc(=O)c(C(=O)Nc2cccnn2)c[nH]1. The van der Waals surface area contributed by atoms with Crippen LogP contribution in [0.2, 0.25) is 0 Å². The van der Waals surface area contributed by atoms with Gasteiger partial charge in [0.05, 0.1) is 0 Å². The van der Waals surface area contributed by atoms with Crippen molar-refractivity contribution < 1.29 is 4.79 Å². The van der Waals surface area contributed by atoms with Crippen LogP contribution < -0.4 is 10.7 Å². The van der Waals surface area contributed by atoms with E-state index in [2.05, 4.69) is 20.5 Å². The lowest BCUT2D eigenvalue weighted by molar-refractivity contribution is 0.102. The number of rotatable bonds is 2. The van der Waals surface area contributed by atoms with Gasteiger partial charge in [-0.05, 0) is 19.1 Å². The summed E-state index contributed by atoms with van der Waals surface area (Å²) in [5.41, 5.74) is 0.412. The Kier molecular flexibility index (Phi) is 2.95. The van der Waals surface area contributed by atoms with E-state index < -0.39 is 5.91 Å². The molecule has 0 aliphatic rings. The first-order valence-electron chi connectivity index (χ1n) is 4.95. The monoisotopic (exact) mass is 230 g/mol. The molecule has 0 aromatic carbocycles. The first-order valence-corrected chi connectivity index (χ1v) is 4.95. The molecular weight excluding hydrogens is 220 g/mol. The number of hydrogen-bond acceptors (Lipinski definition) is 4. The Morgan fingerprint density at radius 1 is 1.47 bits per heavy atom. The highest BCUT2D eigenvalue weighted by molar-refractivity contribution is 6.03. The molecule has 0 radical (unpaired) electrons. The third kappa shape index (κ3) is 2.54. The second-order valence-corrected chi connectivity index (χ2v) is 3.46. The standard InChI is InChI=1S/C11H10N4O2/c1-7-5-9(16)8(6-12-7)11(17)14-10-3-2-4-13-15-10/h2-6H,1H3,(H,12,16)(H,14,15,17). The summed E-state index contributed by atoms with van der Waals surface area (Å²) in [5.74, 6) is -0.204. The molecule has 1 amide bonds. The van der Waals surface area contributed by atoms with Gasteiger partial charge >= 0.3 is 0 Å². The highest BCUT2D eigenvalue weighted by Gasteiger charge is 2.10. The summed E-state index contributed by atoms with van der Waals surface area (Å²) in [5, 5.41) is 9.80. The minimum absolute atomic E-state index is 0.0428. The van der Waals surface area contributed by atoms with Crippen LogP contribution in [0.25, 0.3) is 0 Å². The van der Waals surface area contributed by atoms with E-state index in [1.54, 1.807) is 19.1 Å². The fourth-order valence-corrected chi connectivity index (χ4v) is 1.30. The molecule has 17 heavy (non-hydrogen) atoms. The molecule has 0 spiro atoms. The molecule has 0 fully saturated rings. The maximum absolute atomic E-state index is 11.7. The Morgan fingerprint density at radius 2 is 2.29 bits per heavy atom. The first kappa shape index (κ1) is 11.0. The summed E-state index contributed by atoms with van der Waals surface area (Å²) >= 11 is 0. The second-order valence-electron chi connectivity index (χ2n) is 3.46. The number of H-pyrrole nitrogens is 1. The fourth-order valence-electron chi connectivity index (χ4n) is 1.30. The van der Waals surface area contributed by atoms with Gasteiger partial charge in [-0.25, -0.2) is 0 Å². The molecule has 2 aromatic heterocycles. The van der Waals surface area contributed by atoms with E-state index in [0.717, 1.165) is 0 Å². The van der Waals surface area contributed by atoms with Gasteiger partial charge in [0, 0.05) is 24.2 Å². The Morgan fingerprint density at radius 3 is 2.94 bits per heavy atom. The van der Waals surface area contributed by atoms with Gasteiger partial charge in [-0.1, -0.05) is 0 Å². The third-order valence-electron chi connectivity index (χ3n) is 2.12. The summed E-state index contributed by atoms with van der Waals surface area (Å²) in [6, 6.07) is 4.60. The van der Waals surface area contributed by atoms with Crippen molar-refractivity contribution in [2.24, 2.45) is 0 Å². The molecule has 0 aliphatic carbocycles. The molecule has 0 atom stereocenters. The van der Waals surface area contributed by atoms with Crippen LogP contribution in [0, 0.1) is 6.92 Å². The number of anilines is 1. The average Bonchev–Trinajstić information content (AvgIpc) is 2.30. The quantitative estimate of drug-likeness (QED) is 0.795. The highest BCUT2D eigenvalue weighted by Crippen LogP contribution is 2.01. The molecule has 0 unspecified atom stereocenters. The van der Waals surface area contributed by atoms with Gasteiger partial charge in [0.2, 0.25) is 0 Å². The van der Waals surface area contributed by atoms with Crippen LogP contribution in [-0.2, 0) is 0 Å². The third-order valence-corrected chi connectivity index (χ3v) is 2.12. The minimum Gasteiger partial charge on any atom is -0.364 e. The van der Waals surface area contributed by atoms with Crippen molar-refractivity contribution in [3.63, 3.8) is 0 Å². The number of nitrogens with zero attached hydrogens (tertiary/aromatic N) is 2. The molecule has 6 nitrogen and oxygen atoms in total. The number of carbonyl (C=O) groups excluding carboxylic acids is 1. The highest BCUT2D eigenvalue weighted by atomic mass is 16.2. The van der Waals surface area contributed by atoms with E-state index in [-0.39, 0.29) is 11.0 Å². The number of aromatic nitrogens is 3. The molecule has 0 aliphatic heterocycles. The smallest absolute Gasteiger partial charge is 0.262 e.